The van der Waals surface area contributed by atoms with Crippen LogP contribution >= 0.6 is 11.6 Å². The van der Waals surface area contributed by atoms with E-state index < -0.39 is 17.6 Å². The highest BCUT2D eigenvalue weighted by Gasteiger charge is 2.34. The van der Waals surface area contributed by atoms with E-state index in [0.29, 0.717) is 0 Å². The molecule has 0 radical (unpaired) electrons. The maximum absolute atomic E-state index is 12.9. The number of hydrogen-bond donors (Lipinski definition) is 1. The Balaban J connectivity index is 2.33. The third-order valence-electron chi connectivity index (χ3n) is 2.43. The largest absolute Gasteiger partial charge is 0.418 e. The molecule has 104 valence electrons. The van der Waals surface area contributed by atoms with Gasteiger partial charge in [-0.3, -0.25) is 9.78 Å². The fraction of sp³-hybridized carbons (Fsp3) is 0.0769. The molecule has 0 aliphatic rings. The molecule has 0 saturated carbocycles. The van der Waals surface area contributed by atoms with E-state index in [2.05, 4.69) is 10.3 Å². The van der Waals surface area contributed by atoms with E-state index in [4.69, 9.17) is 11.6 Å². The van der Waals surface area contributed by atoms with Crippen LogP contribution in [0.25, 0.3) is 0 Å². The van der Waals surface area contributed by atoms with Gasteiger partial charge < -0.3 is 5.32 Å². The molecule has 2 rings (SSSR count). The van der Waals surface area contributed by atoms with Crippen LogP contribution in [0.1, 0.15) is 16.1 Å². The molecule has 20 heavy (non-hydrogen) atoms. The Hall–Kier alpha value is -2.08. The minimum Gasteiger partial charge on any atom is -0.320 e. The number of pyridine rings is 1. The zero-order valence-electron chi connectivity index (χ0n) is 9.91. The van der Waals surface area contributed by atoms with Crippen molar-refractivity contribution in [2.24, 2.45) is 0 Å². The minimum atomic E-state index is -4.61. The lowest BCUT2D eigenvalue weighted by Crippen LogP contribution is -2.17. The third-order valence-corrected chi connectivity index (χ3v) is 2.67. The van der Waals surface area contributed by atoms with Crippen molar-refractivity contribution in [3.63, 3.8) is 0 Å². The van der Waals surface area contributed by atoms with Gasteiger partial charge >= 0.3 is 6.18 Å². The molecule has 1 aromatic carbocycles. The molecule has 2 aromatic rings. The fourth-order valence-corrected chi connectivity index (χ4v) is 1.72. The topological polar surface area (TPSA) is 42.0 Å². The molecule has 0 atom stereocenters. The van der Waals surface area contributed by atoms with Crippen molar-refractivity contribution in [1.82, 2.24) is 4.98 Å². The van der Waals surface area contributed by atoms with E-state index in [1.54, 1.807) is 12.1 Å². The van der Waals surface area contributed by atoms with Gasteiger partial charge in [0, 0.05) is 11.2 Å². The third kappa shape index (κ3) is 3.27. The van der Waals surface area contributed by atoms with Crippen molar-refractivity contribution < 1.29 is 18.0 Å². The number of halogens is 4. The smallest absolute Gasteiger partial charge is 0.320 e. The highest BCUT2D eigenvalue weighted by molar-refractivity contribution is 6.30. The van der Waals surface area contributed by atoms with E-state index in [1.807, 2.05) is 0 Å². The maximum Gasteiger partial charge on any atom is 0.418 e. The summed E-state index contributed by atoms with van der Waals surface area (Å²) in [6.45, 7) is 0. The van der Waals surface area contributed by atoms with E-state index in [0.717, 1.165) is 12.1 Å². The van der Waals surface area contributed by atoms with E-state index in [-0.39, 0.29) is 16.4 Å². The standard InChI is InChI=1S/C13H8ClF3N2O/c14-8-4-5-10(9(7-8)13(15,16)17)19-12(20)11-3-1-2-6-18-11/h1-7H,(H,19,20). The predicted octanol–water partition coefficient (Wildman–Crippen LogP) is 4.01. The summed E-state index contributed by atoms with van der Waals surface area (Å²) < 4.78 is 38.6. The summed E-state index contributed by atoms with van der Waals surface area (Å²) >= 11 is 5.55. The molecule has 1 heterocycles. The molecule has 0 aliphatic carbocycles. The fourth-order valence-electron chi connectivity index (χ4n) is 1.54. The zero-order chi connectivity index (χ0) is 14.8. The molecule has 1 amide bonds. The number of carbonyl (C=O) groups excluding carboxylic acids is 1. The first-order valence-electron chi connectivity index (χ1n) is 5.47. The molecule has 0 spiro atoms. The van der Waals surface area contributed by atoms with Crippen LogP contribution in [0.5, 0.6) is 0 Å². The van der Waals surface area contributed by atoms with Crippen LogP contribution < -0.4 is 5.32 Å². The quantitative estimate of drug-likeness (QED) is 0.910. The van der Waals surface area contributed by atoms with Gasteiger partial charge in [-0.25, -0.2) is 0 Å². The number of benzene rings is 1. The number of amides is 1. The lowest BCUT2D eigenvalue weighted by Gasteiger charge is -2.13. The Morgan fingerprint density at radius 2 is 1.95 bits per heavy atom. The number of aromatic nitrogens is 1. The molecular weight excluding hydrogens is 293 g/mol. The maximum atomic E-state index is 12.9. The molecule has 0 bridgehead atoms. The molecular formula is C13H8ClF3N2O. The molecule has 1 N–H and O–H groups in total. The minimum absolute atomic E-state index is 0.0237. The Labute approximate surface area is 117 Å². The van der Waals surface area contributed by atoms with Crippen LogP contribution in [0.4, 0.5) is 18.9 Å². The Morgan fingerprint density at radius 3 is 2.55 bits per heavy atom. The van der Waals surface area contributed by atoms with Gasteiger partial charge in [-0.15, -0.1) is 0 Å². The van der Waals surface area contributed by atoms with Crippen molar-refractivity contribution in [2.75, 3.05) is 5.32 Å². The van der Waals surface area contributed by atoms with E-state index in [1.165, 1.54) is 18.3 Å². The van der Waals surface area contributed by atoms with Gasteiger partial charge in [0.2, 0.25) is 0 Å². The normalized spacial score (nSPS) is 11.2. The summed E-state index contributed by atoms with van der Waals surface area (Å²) in [6, 6.07) is 7.69. The Morgan fingerprint density at radius 1 is 1.20 bits per heavy atom. The molecule has 1 aromatic heterocycles. The van der Waals surface area contributed by atoms with Gasteiger partial charge in [-0.05, 0) is 30.3 Å². The van der Waals surface area contributed by atoms with Crippen molar-refractivity contribution in [1.29, 1.82) is 0 Å². The van der Waals surface area contributed by atoms with Crippen LogP contribution in [0.2, 0.25) is 5.02 Å². The number of anilines is 1. The first-order chi connectivity index (χ1) is 9.38. The Bertz CT molecular complexity index is 629. The summed E-state index contributed by atoms with van der Waals surface area (Å²) in [6.07, 6.45) is -3.24. The van der Waals surface area contributed by atoms with Gasteiger partial charge in [0.05, 0.1) is 11.3 Å². The van der Waals surface area contributed by atoms with Crippen LogP contribution in [-0.4, -0.2) is 10.9 Å². The average molecular weight is 301 g/mol. The summed E-state index contributed by atoms with van der Waals surface area (Å²) in [5.41, 5.74) is -1.34. The van der Waals surface area contributed by atoms with Crippen molar-refractivity contribution in [2.45, 2.75) is 6.18 Å². The van der Waals surface area contributed by atoms with Gasteiger partial charge in [-0.2, -0.15) is 13.2 Å². The first kappa shape index (κ1) is 14.3. The first-order valence-corrected chi connectivity index (χ1v) is 5.85. The second kappa shape index (κ2) is 5.50. The van der Waals surface area contributed by atoms with Gasteiger partial charge in [-0.1, -0.05) is 17.7 Å². The van der Waals surface area contributed by atoms with Crippen molar-refractivity contribution >= 4 is 23.2 Å². The number of rotatable bonds is 2. The molecule has 7 heteroatoms. The van der Waals surface area contributed by atoms with Crippen LogP contribution in [-0.2, 0) is 6.18 Å². The van der Waals surface area contributed by atoms with Gasteiger partial charge in [0.25, 0.3) is 5.91 Å². The number of alkyl halides is 3. The summed E-state index contributed by atoms with van der Waals surface area (Å²) in [5, 5.41) is 2.12. The van der Waals surface area contributed by atoms with Crippen LogP contribution in [0, 0.1) is 0 Å². The number of hydrogen-bond acceptors (Lipinski definition) is 2. The van der Waals surface area contributed by atoms with Crippen LogP contribution in [0.15, 0.2) is 42.6 Å². The van der Waals surface area contributed by atoms with Crippen molar-refractivity contribution in [3.8, 4) is 0 Å². The highest BCUT2D eigenvalue weighted by atomic mass is 35.5. The second-order valence-corrected chi connectivity index (χ2v) is 4.29. The molecule has 0 fully saturated rings. The SMILES string of the molecule is O=C(Nc1ccc(Cl)cc1C(F)(F)F)c1ccccn1. The Kier molecular flexibility index (Phi) is 3.94. The highest BCUT2D eigenvalue weighted by Crippen LogP contribution is 2.36. The van der Waals surface area contributed by atoms with Gasteiger partial charge in [0.15, 0.2) is 0 Å². The number of nitrogens with one attached hydrogen (secondary N) is 1. The van der Waals surface area contributed by atoms with Crippen LogP contribution in [0.3, 0.4) is 0 Å². The summed E-state index contributed by atoms with van der Waals surface area (Å²) in [4.78, 5) is 15.6. The second-order valence-electron chi connectivity index (χ2n) is 3.86. The molecule has 0 saturated heterocycles. The molecule has 0 aliphatic heterocycles. The zero-order valence-corrected chi connectivity index (χ0v) is 10.7. The summed E-state index contributed by atoms with van der Waals surface area (Å²) in [7, 11) is 0. The average Bonchev–Trinajstić information content (AvgIpc) is 2.40. The van der Waals surface area contributed by atoms with E-state index >= 15 is 0 Å². The molecule has 0 unspecified atom stereocenters. The lowest BCUT2D eigenvalue weighted by atomic mass is 10.1. The predicted molar refractivity (Wildman–Crippen MR) is 68.6 cm³/mol. The number of nitrogens with zero attached hydrogens (tertiary/aromatic N) is 1. The monoisotopic (exact) mass is 300 g/mol. The number of carbonyl (C=O) groups is 1. The van der Waals surface area contributed by atoms with Gasteiger partial charge in [0.1, 0.15) is 5.69 Å². The summed E-state index contributed by atoms with van der Waals surface area (Å²) in [5.74, 6) is -0.724. The van der Waals surface area contributed by atoms with Crippen molar-refractivity contribution in [3.05, 3.63) is 58.9 Å². The molecule has 3 nitrogen and oxygen atoms in total. The lowest BCUT2D eigenvalue weighted by molar-refractivity contribution is -0.136. The van der Waals surface area contributed by atoms with E-state index in [9.17, 15) is 18.0 Å².